The number of nitrogens with zero attached hydrogens (tertiary/aromatic N) is 4. The van der Waals surface area contributed by atoms with Gasteiger partial charge in [0.1, 0.15) is 0 Å². The average molecular weight is 399 g/mol. The van der Waals surface area contributed by atoms with E-state index >= 15 is 0 Å². The number of piperazine rings is 1. The van der Waals surface area contributed by atoms with Gasteiger partial charge in [-0.3, -0.25) is 4.90 Å². The molecule has 0 radical (unpaired) electrons. The summed E-state index contributed by atoms with van der Waals surface area (Å²) < 4.78 is 27.8. The van der Waals surface area contributed by atoms with Crippen LogP contribution in [-0.4, -0.2) is 66.2 Å². The molecule has 7 heteroatoms. The molecule has 1 aliphatic heterocycles. The van der Waals surface area contributed by atoms with Crippen molar-refractivity contribution in [2.75, 3.05) is 32.4 Å². The predicted molar refractivity (Wildman–Crippen MR) is 111 cm³/mol. The quantitative estimate of drug-likeness (QED) is 0.606. The Kier molecular flexibility index (Phi) is 8.31. The minimum atomic E-state index is -3.33. The van der Waals surface area contributed by atoms with Crippen LogP contribution in [0.5, 0.6) is 0 Å². The van der Waals surface area contributed by atoms with Crippen LogP contribution >= 0.6 is 0 Å². The Hall–Kier alpha value is -0.920. The van der Waals surface area contributed by atoms with E-state index in [2.05, 4.69) is 49.5 Å². The van der Waals surface area contributed by atoms with Crippen molar-refractivity contribution in [2.45, 2.75) is 77.7 Å². The molecule has 2 rings (SSSR count). The molecule has 0 spiro atoms. The fourth-order valence-electron chi connectivity index (χ4n) is 3.59. The highest BCUT2D eigenvalue weighted by Gasteiger charge is 2.26. The number of unbranched alkanes of at least 4 members (excludes halogenated alkanes) is 1. The normalized spacial score (nSPS) is 19.9. The molecule has 1 aromatic rings. The van der Waals surface area contributed by atoms with Gasteiger partial charge in [-0.1, -0.05) is 27.2 Å². The van der Waals surface area contributed by atoms with E-state index in [4.69, 9.17) is 0 Å². The van der Waals surface area contributed by atoms with Gasteiger partial charge in [-0.2, -0.15) is 0 Å². The van der Waals surface area contributed by atoms with Gasteiger partial charge < -0.3 is 9.47 Å². The molecule has 27 heavy (non-hydrogen) atoms. The topological polar surface area (TPSA) is 58.4 Å². The van der Waals surface area contributed by atoms with Gasteiger partial charge in [-0.25, -0.2) is 13.4 Å². The Labute approximate surface area is 165 Å². The van der Waals surface area contributed by atoms with Crippen LogP contribution in [0.2, 0.25) is 0 Å². The number of aromatic nitrogens is 2. The van der Waals surface area contributed by atoms with Gasteiger partial charge >= 0.3 is 0 Å². The number of rotatable bonds is 10. The molecule has 156 valence electrons. The zero-order valence-corrected chi connectivity index (χ0v) is 18.6. The third-order valence-corrected chi connectivity index (χ3v) is 7.25. The molecule has 2 heterocycles. The van der Waals surface area contributed by atoms with E-state index in [0.717, 1.165) is 57.7 Å². The predicted octanol–water partition coefficient (Wildman–Crippen LogP) is 3.03. The summed E-state index contributed by atoms with van der Waals surface area (Å²) in [5.74, 6) is 0.717. The van der Waals surface area contributed by atoms with Crippen molar-refractivity contribution in [3.05, 3.63) is 11.9 Å². The molecule has 0 amide bonds. The fraction of sp³-hybridized carbons (Fsp3) is 0.850. The lowest BCUT2D eigenvalue weighted by Gasteiger charge is -2.37. The molecule has 1 aromatic heterocycles. The second kappa shape index (κ2) is 10.0. The summed E-state index contributed by atoms with van der Waals surface area (Å²) in [6.45, 7) is 13.2. The number of likely N-dealkylation sites (N-methyl/N-ethyl adjacent to an activating group) is 1. The van der Waals surface area contributed by atoms with Gasteiger partial charge in [0.25, 0.3) is 0 Å². The van der Waals surface area contributed by atoms with Crippen LogP contribution in [0.15, 0.2) is 11.4 Å². The zero-order chi connectivity index (χ0) is 20.0. The Morgan fingerprint density at radius 2 is 2.00 bits per heavy atom. The lowest BCUT2D eigenvalue weighted by molar-refractivity contribution is 0.0979. The minimum Gasteiger partial charge on any atom is -0.318 e. The molecule has 1 atom stereocenters. The van der Waals surface area contributed by atoms with Gasteiger partial charge in [-0.15, -0.1) is 0 Å². The van der Waals surface area contributed by atoms with Crippen LogP contribution in [0.1, 0.15) is 59.1 Å². The molecule has 6 nitrogen and oxygen atoms in total. The van der Waals surface area contributed by atoms with Crippen molar-refractivity contribution in [1.29, 1.82) is 0 Å². The first kappa shape index (κ1) is 22.4. The maximum atomic E-state index is 12.9. The van der Waals surface area contributed by atoms with Crippen LogP contribution in [0.25, 0.3) is 0 Å². The van der Waals surface area contributed by atoms with Gasteiger partial charge in [0.15, 0.2) is 0 Å². The van der Waals surface area contributed by atoms with Gasteiger partial charge in [0.05, 0.1) is 17.6 Å². The molecule has 0 aliphatic carbocycles. The molecular formula is C20H38N4O2S. The first-order valence-electron chi connectivity index (χ1n) is 10.4. The van der Waals surface area contributed by atoms with Gasteiger partial charge in [-0.05, 0) is 39.2 Å². The van der Waals surface area contributed by atoms with Crippen molar-refractivity contribution in [1.82, 2.24) is 19.4 Å². The number of sulfone groups is 1. The maximum absolute atomic E-state index is 12.9. The van der Waals surface area contributed by atoms with E-state index in [-0.39, 0.29) is 10.9 Å². The summed E-state index contributed by atoms with van der Waals surface area (Å²) in [4.78, 5) is 9.16. The van der Waals surface area contributed by atoms with Crippen LogP contribution in [0.4, 0.5) is 0 Å². The van der Waals surface area contributed by atoms with Crippen molar-refractivity contribution >= 4 is 9.84 Å². The lowest BCUT2D eigenvalue weighted by atomic mass is 10.1. The van der Waals surface area contributed by atoms with Crippen LogP contribution in [-0.2, 0) is 22.9 Å². The van der Waals surface area contributed by atoms with Crippen LogP contribution in [0.3, 0.4) is 0 Å². The standard InChI is InChI=1S/C20H38N4O2S/c1-6-7-10-24-19(16-23-12-11-22(5)18(4)15-23)14-21-20(24)27(25,26)13-8-9-17(2)3/h14,17-18H,6-13,15-16H2,1-5H3. The van der Waals surface area contributed by atoms with Crippen LogP contribution in [0, 0.1) is 5.92 Å². The Balaban J connectivity index is 2.16. The third kappa shape index (κ3) is 6.29. The van der Waals surface area contributed by atoms with Crippen molar-refractivity contribution in [3.63, 3.8) is 0 Å². The molecule has 1 aliphatic rings. The molecular weight excluding hydrogens is 360 g/mol. The minimum absolute atomic E-state index is 0.194. The third-order valence-electron chi connectivity index (χ3n) is 5.54. The zero-order valence-electron chi connectivity index (χ0n) is 17.8. The Morgan fingerprint density at radius 1 is 1.26 bits per heavy atom. The summed E-state index contributed by atoms with van der Waals surface area (Å²) in [6.07, 6.45) is 5.42. The smallest absolute Gasteiger partial charge is 0.227 e. The van der Waals surface area contributed by atoms with E-state index in [1.165, 1.54) is 0 Å². The maximum Gasteiger partial charge on any atom is 0.227 e. The second-order valence-electron chi connectivity index (χ2n) is 8.46. The SMILES string of the molecule is CCCCn1c(CN2CCN(C)C(C)C2)cnc1S(=O)(=O)CCCC(C)C. The highest BCUT2D eigenvalue weighted by molar-refractivity contribution is 7.91. The highest BCUT2D eigenvalue weighted by Crippen LogP contribution is 2.19. The molecule has 0 saturated carbocycles. The second-order valence-corrected chi connectivity index (χ2v) is 10.5. The molecule has 1 saturated heterocycles. The Bertz CT molecular complexity index is 684. The summed E-state index contributed by atoms with van der Waals surface area (Å²) in [6, 6.07) is 0.519. The summed E-state index contributed by atoms with van der Waals surface area (Å²) in [5, 5.41) is 0.275. The highest BCUT2D eigenvalue weighted by atomic mass is 32.2. The average Bonchev–Trinajstić information content (AvgIpc) is 2.99. The van der Waals surface area contributed by atoms with Gasteiger partial charge in [0, 0.05) is 38.8 Å². The van der Waals surface area contributed by atoms with E-state index in [9.17, 15) is 8.42 Å². The summed E-state index contributed by atoms with van der Waals surface area (Å²) in [5.41, 5.74) is 1.03. The molecule has 0 aromatic carbocycles. The number of hydrogen-bond donors (Lipinski definition) is 0. The largest absolute Gasteiger partial charge is 0.318 e. The van der Waals surface area contributed by atoms with Crippen molar-refractivity contribution in [2.24, 2.45) is 5.92 Å². The molecule has 1 unspecified atom stereocenters. The Morgan fingerprint density at radius 3 is 2.63 bits per heavy atom. The first-order valence-corrected chi connectivity index (χ1v) is 12.1. The fourth-order valence-corrected chi connectivity index (χ4v) is 5.08. The van der Waals surface area contributed by atoms with E-state index in [0.29, 0.717) is 18.4 Å². The van der Waals surface area contributed by atoms with Crippen LogP contribution < -0.4 is 0 Å². The van der Waals surface area contributed by atoms with E-state index in [1.54, 1.807) is 6.20 Å². The molecule has 0 bridgehead atoms. The van der Waals surface area contributed by atoms with E-state index in [1.807, 2.05) is 4.57 Å². The number of imidazole rings is 1. The van der Waals surface area contributed by atoms with Crippen molar-refractivity contribution in [3.8, 4) is 0 Å². The van der Waals surface area contributed by atoms with Gasteiger partial charge in [0.2, 0.25) is 15.0 Å². The first-order chi connectivity index (χ1) is 12.7. The summed E-state index contributed by atoms with van der Waals surface area (Å²) >= 11 is 0. The molecule has 1 fully saturated rings. The number of hydrogen-bond acceptors (Lipinski definition) is 5. The monoisotopic (exact) mass is 398 g/mol. The summed E-state index contributed by atoms with van der Waals surface area (Å²) in [7, 11) is -1.17. The van der Waals surface area contributed by atoms with E-state index < -0.39 is 9.84 Å². The molecule has 0 N–H and O–H groups in total. The van der Waals surface area contributed by atoms with Crippen molar-refractivity contribution < 1.29 is 8.42 Å². The lowest BCUT2D eigenvalue weighted by Crippen LogP contribution is -2.49.